The van der Waals surface area contributed by atoms with Crippen molar-refractivity contribution < 1.29 is 8.42 Å². The Bertz CT molecular complexity index is 470. The van der Waals surface area contributed by atoms with E-state index in [1.54, 1.807) is 0 Å². The van der Waals surface area contributed by atoms with Crippen LogP contribution < -0.4 is 4.72 Å². The third-order valence-corrected chi connectivity index (χ3v) is 5.51. The summed E-state index contributed by atoms with van der Waals surface area (Å²) in [5, 5.41) is 0.463. The van der Waals surface area contributed by atoms with Gasteiger partial charge in [0.15, 0.2) is 5.13 Å². The van der Waals surface area contributed by atoms with Gasteiger partial charge in [-0.15, -0.1) is 11.3 Å². The second-order valence-electron chi connectivity index (χ2n) is 4.23. The Labute approximate surface area is 106 Å². The molecule has 2 rings (SSSR count). The number of aromatic nitrogens is 1. The molecule has 1 saturated heterocycles. The summed E-state index contributed by atoms with van der Waals surface area (Å²) in [5.74, 6) is 0. The van der Waals surface area contributed by atoms with Crippen molar-refractivity contribution in [1.29, 1.82) is 0 Å². The number of piperidine rings is 1. The van der Waals surface area contributed by atoms with Crippen LogP contribution in [0.15, 0.2) is 0 Å². The summed E-state index contributed by atoms with van der Waals surface area (Å²) >= 11 is 1.38. The zero-order chi connectivity index (χ0) is 12.5. The minimum atomic E-state index is -3.41. The molecule has 5 nitrogen and oxygen atoms in total. The van der Waals surface area contributed by atoms with Crippen LogP contribution in [-0.4, -0.2) is 30.8 Å². The van der Waals surface area contributed by atoms with Gasteiger partial charge in [0.1, 0.15) is 0 Å². The standard InChI is InChI=1S/C10H17N3O2S2/c1-8-9(2)16-10(11-8)12-17(14,15)13-6-4-3-5-7-13/h3-7H2,1-2H3,(H,11,12). The molecule has 0 bridgehead atoms. The first-order valence-electron chi connectivity index (χ1n) is 5.71. The number of thiazole rings is 1. The van der Waals surface area contributed by atoms with Gasteiger partial charge in [-0.2, -0.15) is 12.7 Å². The summed E-state index contributed by atoms with van der Waals surface area (Å²) in [6.45, 7) is 5.04. The van der Waals surface area contributed by atoms with E-state index >= 15 is 0 Å². The molecule has 0 aliphatic carbocycles. The normalized spacial score (nSPS) is 18.2. The van der Waals surface area contributed by atoms with E-state index in [4.69, 9.17) is 0 Å². The van der Waals surface area contributed by atoms with Crippen molar-refractivity contribution in [2.75, 3.05) is 17.8 Å². The molecule has 96 valence electrons. The summed E-state index contributed by atoms with van der Waals surface area (Å²) in [5.41, 5.74) is 0.881. The van der Waals surface area contributed by atoms with E-state index in [2.05, 4.69) is 9.71 Å². The largest absolute Gasteiger partial charge is 0.303 e. The smallest absolute Gasteiger partial charge is 0.246 e. The molecule has 0 atom stereocenters. The van der Waals surface area contributed by atoms with Crippen LogP contribution in [0.5, 0.6) is 0 Å². The molecule has 1 aliphatic heterocycles. The molecule has 0 spiro atoms. The highest BCUT2D eigenvalue weighted by atomic mass is 32.2. The predicted octanol–water partition coefficient (Wildman–Crippen LogP) is 1.90. The van der Waals surface area contributed by atoms with Gasteiger partial charge in [-0.25, -0.2) is 9.71 Å². The summed E-state index contributed by atoms with van der Waals surface area (Å²) in [6, 6.07) is 0. The van der Waals surface area contributed by atoms with E-state index < -0.39 is 10.2 Å². The fourth-order valence-electron chi connectivity index (χ4n) is 1.80. The van der Waals surface area contributed by atoms with E-state index in [0.717, 1.165) is 29.8 Å². The highest BCUT2D eigenvalue weighted by Gasteiger charge is 2.24. The Hall–Kier alpha value is -0.660. The molecule has 1 fully saturated rings. The van der Waals surface area contributed by atoms with Crippen molar-refractivity contribution >= 4 is 26.7 Å². The van der Waals surface area contributed by atoms with Gasteiger partial charge in [0.05, 0.1) is 5.69 Å². The van der Waals surface area contributed by atoms with E-state index in [1.165, 1.54) is 15.6 Å². The van der Waals surface area contributed by atoms with Crippen molar-refractivity contribution in [3.8, 4) is 0 Å². The lowest BCUT2D eigenvalue weighted by atomic mass is 10.2. The van der Waals surface area contributed by atoms with Gasteiger partial charge in [-0.05, 0) is 26.7 Å². The van der Waals surface area contributed by atoms with Crippen LogP contribution in [0.4, 0.5) is 5.13 Å². The van der Waals surface area contributed by atoms with Crippen molar-refractivity contribution in [2.24, 2.45) is 0 Å². The summed E-state index contributed by atoms with van der Waals surface area (Å²) in [7, 11) is -3.41. The number of anilines is 1. The van der Waals surface area contributed by atoms with E-state index in [0.29, 0.717) is 18.2 Å². The van der Waals surface area contributed by atoms with E-state index in [9.17, 15) is 8.42 Å². The summed E-state index contributed by atoms with van der Waals surface area (Å²) in [4.78, 5) is 5.23. The lowest BCUT2D eigenvalue weighted by molar-refractivity contribution is 0.349. The highest BCUT2D eigenvalue weighted by molar-refractivity contribution is 7.90. The van der Waals surface area contributed by atoms with Crippen LogP contribution in [0.3, 0.4) is 0 Å². The molecule has 2 heterocycles. The summed E-state index contributed by atoms with van der Waals surface area (Å²) < 4.78 is 28.2. The molecule has 1 aromatic heterocycles. The Morgan fingerprint density at radius 2 is 1.88 bits per heavy atom. The lowest BCUT2D eigenvalue weighted by Crippen LogP contribution is -2.39. The second-order valence-corrected chi connectivity index (χ2v) is 7.10. The SMILES string of the molecule is Cc1nc(NS(=O)(=O)N2CCCCC2)sc1C. The maximum absolute atomic E-state index is 12.1. The first kappa shape index (κ1) is 12.8. The predicted molar refractivity (Wildman–Crippen MR) is 69.6 cm³/mol. The van der Waals surface area contributed by atoms with Gasteiger partial charge in [0, 0.05) is 18.0 Å². The van der Waals surface area contributed by atoms with Gasteiger partial charge >= 0.3 is 10.2 Å². The number of nitrogens with zero attached hydrogens (tertiary/aromatic N) is 2. The zero-order valence-corrected chi connectivity index (χ0v) is 11.7. The molecule has 0 saturated carbocycles. The summed E-state index contributed by atoms with van der Waals surface area (Å²) in [6.07, 6.45) is 3.00. The molecule has 17 heavy (non-hydrogen) atoms. The van der Waals surface area contributed by atoms with Crippen LogP contribution in [-0.2, 0) is 10.2 Å². The number of rotatable bonds is 3. The van der Waals surface area contributed by atoms with Crippen LogP contribution in [0.25, 0.3) is 0 Å². The average Bonchev–Trinajstić information content (AvgIpc) is 2.58. The Morgan fingerprint density at radius 3 is 2.41 bits per heavy atom. The second kappa shape index (κ2) is 4.91. The third-order valence-electron chi connectivity index (χ3n) is 2.90. The van der Waals surface area contributed by atoms with Crippen LogP contribution in [0.2, 0.25) is 0 Å². The molecule has 0 amide bonds. The monoisotopic (exact) mass is 275 g/mol. The average molecular weight is 275 g/mol. The topological polar surface area (TPSA) is 62.3 Å². The van der Waals surface area contributed by atoms with Crippen LogP contribution >= 0.6 is 11.3 Å². The Balaban J connectivity index is 2.11. The van der Waals surface area contributed by atoms with E-state index in [-0.39, 0.29) is 0 Å². The Morgan fingerprint density at radius 1 is 1.24 bits per heavy atom. The Kier molecular flexibility index (Phi) is 3.70. The van der Waals surface area contributed by atoms with Crippen LogP contribution in [0, 0.1) is 13.8 Å². The molecule has 0 aromatic carbocycles. The minimum absolute atomic E-state index is 0.463. The quantitative estimate of drug-likeness (QED) is 0.916. The maximum Gasteiger partial charge on any atom is 0.303 e. The molecular weight excluding hydrogens is 258 g/mol. The molecule has 0 radical (unpaired) electrons. The number of hydrogen-bond acceptors (Lipinski definition) is 4. The van der Waals surface area contributed by atoms with Crippen molar-refractivity contribution in [2.45, 2.75) is 33.1 Å². The van der Waals surface area contributed by atoms with E-state index in [1.807, 2.05) is 13.8 Å². The van der Waals surface area contributed by atoms with Gasteiger partial charge in [-0.1, -0.05) is 6.42 Å². The fraction of sp³-hybridized carbons (Fsp3) is 0.700. The number of nitrogens with one attached hydrogen (secondary N) is 1. The number of aryl methyl sites for hydroxylation is 2. The third kappa shape index (κ3) is 2.97. The van der Waals surface area contributed by atoms with Crippen molar-refractivity contribution in [3.63, 3.8) is 0 Å². The fourth-order valence-corrected chi connectivity index (χ4v) is 4.08. The molecule has 1 aromatic rings. The minimum Gasteiger partial charge on any atom is -0.246 e. The number of hydrogen-bond donors (Lipinski definition) is 1. The van der Waals surface area contributed by atoms with Gasteiger partial charge < -0.3 is 0 Å². The first-order chi connectivity index (χ1) is 7.99. The van der Waals surface area contributed by atoms with Gasteiger partial charge in [0.25, 0.3) is 0 Å². The highest BCUT2D eigenvalue weighted by Crippen LogP contribution is 2.23. The first-order valence-corrected chi connectivity index (χ1v) is 7.96. The van der Waals surface area contributed by atoms with Crippen LogP contribution in [0.1, 0.15) is 29.8 Å². The zero-order valence-electron chi connectivity index (χ0n) is 10.1. The van der Waals surface area contributed by atoms with Gasteiger partial charge in [-0.3, -0.25) is 0 Å². The molecule has 0 unspecified atom stereocenters. The van der Waals surface area contributed by atoms with Crippen molar-refractivity contribution in [3.05, 3.63) is 10.6 Å². The van der Waals surface area contributed by atoms with Gasteiger partial charge in [0.2, 0.25) is 0 Å². The maximum atomic E-state index is 12.1. The molecule has 1 aliphatic rings. The molecule has 7 heteroatoms. The lowest BCUT2D eigenvalue weighted by Gasteiger charge is -2.25. The van der Waals surface area contributed by atoms with Crippen molar-refractivity contribution in [1.82, 2.24) is 9.29 Å². The molecular formula is C10H17N3O2S2. The molecule has 1 N–H and O–H groups in total.